The zero-order valence-corrected chi connectivity index (χ0v) is 9.28. The number of ether oxygens (including phenoxy) is 3. The first-order valence-corrected chi connectivity index (χ1v) is 4.63. The largest absolute Gasteiger partial charge is 0.573 e. The summed E-state index contributed by atoms with van der Waals surface area (Å²) in [7, 11) is 1.16. The normalized spacial score (nSPS) is 10.7. The van der Waals surface area contributed by atoms with Gasteiger partial charge >= 0.3 is 12.3 Å². The quantitative estimate of drug-likeness (QED) is 0.475. The molecule has 1 aromatic carbocycles. The molecule has 0 unspecified atom stereocenters. The van der Waals surface area contributed by atoms with Crippen LogP contribution in [0.3, 0.4) is 0 Å². The Morgan fingerprint density at radius 1 is 1.33 bits per heavy atom. The van der Waals surface area contributed by atoms with Gasteiger partial charge in [-0.2, -0.15) is 0 Å². The molecule has 0 fully saturated rings. The fourth-order valence-electron chi connectivity index (χ4n) is 1.08. The van der Waals surface area contributed by atoms with Crippen molar-refractivity contribution < 1.29 is 32.2 Å². The molecule has 0 bridgehead atoms. The first-order chi connectivity index (χ1) is 8.35. The lowest BCUT2D eigenvalue weighted by molar-refractivity contribution is -0.275. The number of rotatable bonds is 4. The van der Waals surface area contributed by atoms with Crippen LogP contribution in [0.4, 0.5) is 13.2 Å². The highest BCUT2D eigenvalue weighted by molar-refractivity contribution is 5.83. The lowest BCUT2D eigenvalue weighted by Gasteiger charge is -2.13. The van der Waals surface area contributed by atoms with Crippen LogP contribution in [-0.2, 0) is 4.79 Å². The fourth-order valence-corrected chi connectivity index (χ4v) is 1.08. The summed E-state index contributed by atoms with van der Waals surface area (Å²) in [6.07, 6.45) is -3.90. The number of halogens is 3. The van der Waals surface area contributed by atoms with Gasteiger partial charge in [0.1, 0.15) is 5.75 Å². The predicted octanol–water partition coefficient (Wildman–Crippen LogP) is 2.69. The average Bonchev–Trinajstić information content (AvgIpc) is 2.29. The molecule has 0 spiro atoms. The molecular formula is C11H9F3O4. The Morgan fingerprint density at radius 2 is 2.00 bits per heavy atom. The molecule has 1 rings (SSSR count). The second kappa shape index (κ2) is 5.44. The maximum Gasteiger partial charge on any atom is 0.573 e. The Kier molecular flexibility index (Phi) is 4.19. The zero-order valence-electron chi connectivity index (χ0n) is 9.28. The van der Waals surface area contributed by atoms with E-state index in [1.807, 2.05) is 0 Å². The van der Waals surface area contributed by atoms with Crippen LogP contribution in [0.1, 0.15) is 0 Å². The number of alkyl halides is 3. The van der Waals surface area contributed by atoms with E-state index < -0.39 is 18.1 Å². The Labute approximate surface area is 101 Å². The third-order valence-electron chi connectivity index (χ3n) is 1.75. The topological polar surface area (TPSA) is 44.8 Å². The van der Waals surface area contributed by atoms with Crippen LogP contribution >= 0.6 is 0 Å². The van der Waals surface area contributed by atoms with Crippen LogP contribution in [-0.4, -0.2) is 19.4 Å². The lowest BCUT2D eigenvalue weighted by Crippen LogP contribution is -2.17. The SMILES string of the molecule is C=CC(=O)Oc1ccc(OC(F)(F)F)c(OC)c1. The van der Waals surface area contributed by atoms with Gasteiger partial charge in [-0.15, -0.1) is 13.2 Å². The minimum Gasteiger partial charge on any atom is -0.493 e. The van der Waals surface area contributed by atoms with E-state index in [9.17, 15) is 18.0 Å². The van der Waals surface area contributed by atoms with Crippen molar-refractivity contribution in [3.63, 3.8) is 0 Å². The van der Waals surface area contributed by atoms with E-state index >= 15 is 0 Å². The number of methoxy groups -OCH3 is 1. The van der Waals surface area contributed by atoms with Gasteiger partial charge in [0.15, 0.2) is 11.5 Å². The number of hydrogen-bond acceptors (Lipinski definition) is 4. The van der Waals surface area contributed by atoms with Crippen molar-refractivity contribution in [3.05, 3.63) is 30.9 Å². The molecule has 0 N–H and O–H groups in total. The summed E-state index contributed by atoms with van der Waals surface area (Å²) in [5.41, 5.74) is 0. The first-order valence-electron chi connectivity index (χ1n) is 4.63. The number of esters is 1. The highest BCUT2D eigenvalue weighted by Gasteiger charge is 2.32. The van der Waals surface area contributed by atoms with Gasteiger partial charge in [-0.05, 0) is 12.1 Å². The molecule has 0 saturated carbocycles. The summed E-state index contributed by atoms with van der Waals surface area (Å²) >= 11 is 0. The Morgan fingerprint density at radius 3 is 2.50 bits per heavy atom. The Hall–Kier alpha value is -2.18. The molecule has 1 aromatic rings. The van der Waals surface area contributed by atoms with E-state index in [-0.39, 0.29) is 11.5 Å². The molecule has 0 amide bonds. The van der Waals surface area contributed by atoms with Crippen molar-refractivity contribution >= 4 is 5.97 Å². The van der Waals surface area contributed by atoms with Crippen LogP contribution in [0.5, 0.6) is 17.2 Å². The summed E-state index contributed by atoms with van der Waals surface area (Å²) < 4.78 is 49.3. The summed E-state index contributed by atoms with van der Waals surface area (Å²) in [5.74, 6) is -1.45. The van der Waals surface area contributed by atoms with Gasteiger partial charge in [0, 0.05) is 12.1 Å². The highest BCUT2D eigenvalue weighted by Crippen LogP contribution is 2.34. The number of carbonyl (C=O) groups excluding carboxylic acids is 1. The van der Waals surface area contributed by atoms with Crippen molar-refractivity contribution in [1.82, 2.24) is 0 Å². The van der Waals surface area contributed by atoms with Crippen LogP contribution in [0.2, 0.25) is 0 Å². The van der Waals surface area contributed by atoms with Gasteiger partial charge in [-0.25, -0.2) is 4.79 Å². The van der Waals surface area contributed by atoms with Crippen molar-refractivity contribution in [2.24, 2.45) is 0 Å². The van der Waals surface area contributed by atoms with Crippen molar-refractivity contribution in [2.75, 3.05) is 7.11 Å². The maximum atomic E-state index is 12.0. The molecule has 0 atom stereocenters. The van der Waals surface area contributed by atoms with Gasteiger partial charge in [0.2, 0.25) is 0 Å². The van der Waals surface area contributed by atoms with Crippen LogP contribution in [0.25, 0.3) is 0 Å². The summed E-state index contributed by atoms with van der Waals surface area (Å²) in [6.45, 7) is 3.19. The average molecular weight is 262 g/mol. The summed E-state index contributed by atoms with van der Waals surface area (Å²) in [5, 5.41) is 0. The smallest absolute Gasteiger partial charge is 0.493 e. The minimum absolute atomic E-state index is 0.0197. The van der Waals surface area contributed by atoms with E-state index in [1.165, 1.54) is 0 Å². The minimum atomic E-state index is -4.83. The summed E-state index contributed by atoms with van der Waals surface area (Å²) in [6, 6.07) is 3.23. The van der Waals surface area contributed by atoms with E-state index in [4.69, 9.17) is 9.47 Å². The number of hydrogen-bond donors (Lipinski definition) is 0. The van der Waals surface area contributed by atoms with Crippen LogP contribution < -0.4 is 14.2 Å². The molecule has 4 nitrogen and oxygen atoms in total. The molecule has 0 aliphatic heterocycles. The Balaban J connectivity index is 2.96. The van der Waals surface area contributed by atoms with Gasteiger partial charge in [0.25, 0.3) is 0 Å². The fraction of sp³-hybridized carbons (Fsp3) is 0.182. The third-order valence-corrected chi connectivity index (χ3v) is 1.75. The third kappa shape index (κ3) is 4.00. The second-order valence-corrected chi connectivity index (χ2v) is 2.99. The van der Waals surface area contributed by atoms with Crippen molar-refractivity contribution in [2.45, 2.75) is 6.36 Å². The predicted molar refractivity (Wildman–Crippen MR) is 55.5 cm³/mol. The van der Waals surface area contributed by atoms with Gasteiger partial charge in [0.05, 0.1) is 7.11 Å². The molecule has 98 valence electrons. The van der Waals surface area contributed by atoms with Crippen molar-refractivity contribution in [1.29, 1.82) is 0 Å². The number of benzene rings is 1. The highest BCUT2D eigenvalue weighted by atomic mass is 19.4. The number of carbonyl (C=O) groups is 1. The molecule has 0 aliphatic carbocycles. The van der Waals surface area contributed by atoms with Gasteiger partial charge in [-0.1, -0.05) is 6.58 Å². The molecule has 0 saturated heterocycles. The van der Waals surface area contributed by atoms with Crippen LogP contribution in [0.15, 0.2) is 30.9 Å². The van der Waals surface area contributed by atoms with Gasteiger partial charge < -0.3 is 14.2 Å². The van der Waals surface area contributed by atoms with Crippen LogP contribution in [0, 0.1) is 0 Å². The second-order valence-electron chi connectivity index (χ2n) is 2.99. The molecule has 0 heterocycles. The summed E-state index contributed by atoms with van der Waals surface area (Å²) in [4.78, 5) is 10.9. The molecule has 0 aliphatic rings. The van der Waals surface area contributed by atoms with Crippen molar-refractivity contribution in [3.8, 4) is 17.2 Å². The van der Waals surface area contributed by atoms with E-state index in [0.717, 1.165) is 31.4 Å². The molecule has 0 radical (unpaired) electrons. The zero-order chi connectivity index (χ0) is 13.8. The molecular weight excluding hydrogens is 253 g/mol. The van der Waals surface area contributed by atoms with Gasteiger partial charge in [-0.3, -0.25) is 0 Å². The van der Waals surface area contributed by atoms with E-state index in [0.29, 0.717) is 0 Å². The standard InChI is InChI=1S/C11H9F3O4/c1-3-10(15)17-7-4-5-8(9(6-7)16-2)18-11(12,13)14/h3-6H,1H2,2H3. The maximum absolute atomic E-state index is 12.0. The van der Waals surface area contributed by atoms with E-state index in [1.54, 1.807) is 0 Å². The lowest BCUT2D eigenvalue weighted by atomic mass is 10.3. The molecule has 0 aromatic heterocycles. The Bertz CT molecular complexity index is 454. The first kappa shape index (κ1) is 13.9. The molecule has 7 heteroatoms. The molecule has 18 heavy (non-hydrogen) atoms. The van der Waals surface area contributed by atoms with E-state index in [2.05, 4.69) is 11.3 Å². The monoisotopic (exact) mass is 262 g/mol.